The minimum atomic E-state index is -0.310. The highest BCUT2D eigenvalue weighted by Crippen LogP contribution is 2.28. The van der Waals surface area contributed by atoms with Crippen LogP contribution in [0.5, 0.6) is 11.6 Å². The molecule has 1 aliphatic rings. The molecule has 0 radical (unpaired) electrons. The lowest BCUT2D eigenvalue weighted by Crippen LogP contribution is -2.44. The van der Waals surface area contributed by atoms with E-state index < -0.39 is 0 Å². The van der Waals surface area contributed by atoms with Gasteiger partial charge in [0.15, 0.2) is 0 Å². The topological polar surface area (TPSA) is 41.5 Å². The van der Waals surface area contributed by atoms with E-state index in [2.05, 4.69) is 28.0 Å². The summed E-state index contributed by atoms with van der Waals surface area (Å²) in [6, 6.07) is 14.3. The summed E-state index contributed by atoms with van der Waals surface area (Å²) >= 11 is 1.63. The molecule has 8 heteroatoms. The molecule has 31 heavy (non-hydrogen) atoms. The average Bonchev–Trinajstić information content (AvgIpc) is 2.77. The maximum Gasteiger partial charge on any atom is 0.228 e. The van der Waals surface area contributed by atoms with Crippen LogP contribution in [0.1, 0.15) is 25.5 Å². The van der Waals surface area contributed by atoms with E-state index in [-0.39, 0.29) is 17.6 Å². The van der Waals surface area contributed by atoms with Crippen LogP contribution in [0.2, 0.25) is 0 Å². The summed E-state index contributed by atoms with van der Waals surface area (Å²) in [7, 11) is 0. The largest absolute Gasteiger partial charge is 0.439 e. The Kier molecular flexibility index (Phi) is 6.67. The zero-order valence-electron chi connectivity index (χ0n) is 17.5. The molecule has 0 unspecified atom stereocenters. The second-order valence-corrected chi connectivity index (χ2v) is 8.77. The van der Waals surface area contributed by atoms with Crippen molar-refractivity contribution in [1.82, 2.24) is 14.3 Å². The van der Waals surface area contributed by atoms with Gasteiger partial charge in [0, 0.05) is 37.1 Å². The standard InChI is InChI=1S/C23H24F2N4OS/c1-16(2)21-15-22(30-19-7-3-17(24)4-8-19)27-23(26-21)28-11-13-29(14-12-28)31-20-9-5-18(25)6-10-20/h3-10,15-16H,11-14H2,1-2H3. The molecule has 0 spiro atoms. The number of anilines is 1. The van der Waals surface area contributed by atoms with Crippen molar-refractivity contribution >= 4 is 17.9 Å². The van der Waals surface area contributed by atoms with Crippen molar-refractivity contribution in [2.24, 2.45) is 0 Å². The first-order valence-corrected chi connectivity index (χ1v) is 11.0. The molecule has 0 bridgehead atoms. The molecule has 0 N–H and O–H groups in total. The van der Waals surface area contributed by atoms with Crippen LogP contribution in [0.25, 0.3) is 0 Å². The Hall–Kier alpha value is -2.71. The molecule has 1 saturated heterocycles. The van der Waals surface area contributed by atoms with Crippen LogP contribution in [0, 0.1) is 11.6 Å². The van der Waals surface area contributed by atoms with Crippen LogP contribution in [0.4, 0.5) is 14.7 Å². The Morgan fingerprint density at radius 2 is 1.48 bits per heavy atom. The zero-order valence-corrected chi connectivity index (χ0v) is 18.3. The molecule has 1 fully saturated rings. The quantitative estimate of drug-likeness (QED) is 0.470. The van der Waals surface area contributed by atoms with E-state index in [0.717, 1.165) is 36.8 Å². The van der Waals surface area contributed by atoms with Crippen LogP contribution in [0.15, 0.2) is 59.5 Å². The molecule has 1 aromatic heterocycles. The van der Waals surface area contributed by atoms with Crippen LogP contribution >= 0.6 is 11.9 Å². The van der Waals surface area contributed by atoms with Gasteiger partial charge in [0.05, 0.1) is 5.69 Å². The van der Waals surface area contributed by atoms with Gasteiger partial charge >= 0.3 is 0 Å². The second-order valence-electron chi connectivity index (χ2n) is 7.60. The minimum absolute atomic E-state index is 0.215. The monoisotopic (exact) mass is 442 g/mol. The van der Waals surface area contributed by atoms with Crippen molar-refractivity contribution < 1.29 is 13.5 Å². The normalized spacial score (nSPS) is 14.8. The number of ether oxygens (including phenoxy) is 1. The molecular weight excluding hydrogens is 418 g/mol. The Bertz CT molecular complexity index is 1010. The highest BCUT2D eigenvalue weighted by molar-refractivity contribution is 7.97. The molecule has 0 amide bonds. The summed E-state index contributed by atoms with van der Waals surface area (Å²) in [6.07, 6.45) is 0. The molecule has 162 valence electrons. The number of benzene rings is 2. The Labute approximate surface area is 185 Å². The lowest BCUT2D eigenvalue weighted by molar-refractivity contribution is 0.421. The molecular formula is C23H24F2N4OS. The lowest BCUT2D eigenvalue weighted by Gasteiger charge is -2.34. The van der Waals surface area contributed by atoms with Crippen LogP contribution < -0.4 is 9.64 Å². The molecule has 3 aromatic rings. The van der Waals surface area contributed by atoms with Crippen molar-refractivity contribution in [2.45, 2.75) is 24.7 Å². The van der Waals surface area contributed by atoms with Crippen molar-refractivity contribution in [2.75, 3.05) is 31.1 Å². The van der Waals surface area contributed by atoms with Gasteiger partial charge in [-0.2, -0.15) is 4.98 Å². The summed E-state index contributed by atoms with van der Waals surface area (Å²) in [5.74, 6) is 1.29. The zero-order chi connectivity index (χ0) is 21.8. The summed E-state index contributed by atoms with van der Waals surface area (Å²) in [6.45, 7) is 7.34. The fourth-order valence-electron chi connectivity index (χ4n) is 3.17. The fourth-order valence-corrected chi connectivity index (χ4v) is 4.07. The van der Waals surface area contributed by atoms with Gasteiger partial charge in [-0.3, -0.25) is 0 Å². The number of aromatic nitrogens is 2. The third-order valence-electron chi connectivity index (χ3n) is 4.91. The van der Waals surface area contributed by atoms with Crippen molar-refractivity contribution in [1.29, 1.82) is 0 Å². The van der Waals surface area contributed by atoms with Gasteiger partial charge in [0.1, 0.15) is 17.4 Å². The first-order chi connectivity index (χ1) is 15.0. The highest BCUT2D eigenvalue weighted by Gasteiger charge is 2.21. The fraction of sp³-hybridized carbons (Fsp3) is 0.304. The van der Waals surface area contributed by atoms with Crippen LogP contribution in [0.3, 0.4) is 0 Å². The number of rotatable bonds is 6. The number of hydrogen-bond acceptors (Lipinski definition) is 6. The molecule has 0 aliphatic carbocycles. The predicted molar refractivity (Wildman–Crippen MR) is 119 cm³/mol. The van der Waals surface area contributed by atoms with Crippen molar-refractivity contribution in [3.63, 3.8) is 0 Å². The number of halogens is 2. The Balaban J connectivity index is 1.45. The number of nitrogens with zero attached hydrogens (tertiary/aromatic N) is 4. The van der Waals surface area contributed by atoms with Gasteiger partial charge in [0.25, 0.3) is 0 Å². The van der Waals surface area contributed by atoms with Gasteiger partial charge in [0.2, 0.25) is 11.8 Å². The van der Waals surface area contributed by atoms with E-state index in [4.69, 9.17) is 9.72 Å². The maximum absolute atomic E-state index is 13.2. The minimum Gasteiger partial charge on any atom is -0.439 e. The Morgan fingerprint density at radius 1 is 0.871 bits per heavy atom. The molecule has 1 aliphatic heterocycles. The van der Waals surface area contributed by atoms with Gasteiger partial charge < -0.3 is 9.64 Å². The summed E-state index contributed by atoms with van der Waals surface area (Å²) in [5, 5.41) is 0. The molecule has 2 heterocycles. The van der Waals surface area contributed by atoms with E-state index in [1.807, 2.05) is 6.07 Å². The van der Waals surface area contributed by atoms with Gasteiger partial charge in [-0.25, -0.2) is 18.1 Å². The van der Waals surface area contributed by atoms with E-state index in [9.17, 15) is 8.78 Å². The van der Waals surface area contributed by atoms with Gasteiger partial charge in [-0.1, -0.05) is 13.8 Å². The third kappa shape index (κ3) is 5.71. The van der Waals surface area contributed by atoms with E-state index in [1.165, 1.54) is 24.3 Å². The van der Waals surface area contributed by atoms with Crippen LogP contribution in [-0.2, 0) is 0 Å². The molecule has 0 saturated carbocycles. The molecule has 5 nitrogen and oxygen atoms in total. The Morgan fingerprint density at radius 3 is 2.10 bits per heavy atom. The highest BCUT2D eigenvalue weighted by atomic mass is 32.2. The third-order valence-corrected chi connectivity index (χ3v) is 6.01. The number of piperazine rings is 1. The van der Waals surface area contributed by atoms with E-state index >= 15 is 0 Å². The number of hydrogen-bond donors (Lipinski definition) is 0. The van der Waals surface area contributed by atoms with Crippen LogP contribution in [-0.4, -0.2) is 40.5 Å². The summed E-state index contributed by atoms with van der Waals surface area (Å²) in [5.41, 5.74) is 0.894. The van der Waals surface area contributed by atoms with E-state index in [1.54, 1.807) is 36.2 Å². The van der Waals surface area contributed by atoms with Crippen molar-refractivity contribution in [3.05, 3.63) is 71.9 Å². The molecule has 4 rings (SSSR count). The van der Waals surface area contributed by atoms with Gasteiger partial charge in [-0.05, 0) is 66.4 Å². The van der Waals surface area contributed by atoms with Gasteiger partial charge in [-0.15, -0.1) is 0 Å². The molecule has 2 aromatic carbocycles. The average molecular weight is 443 g/mol. The first-order valence-electron chi connectivity index (χ1n) is 10.2. The maximum atomic E-state index is 13.2. The second kappa shape index (κ2) is 9.62. The predicted octanol–water partition coefficient (Wildman–Crippen LogP) is 5.50. The lowest BCUT2D eigenvalue weighted by atomic mass is 10.1. The molecule has 0 atom stereocenters. The summed E-state index contributed by atoms with van der Waals surface area (Å²) in [4.78, 5) is 12.5. The van der Waals surface area contributed by atoms with Crippen molar-refractivity contribution in [3.8, 4) is 11.6 Å². The first kappa shape index (κ1) is 21.5. The van der Waals surface area contributed by atoms with E-state index in [0.29, 0.717) is 17.6 Å². The SMILES string of the molecule is CC(C)c1cc(Oc2ccc(F)cc2)nc(N2CCN(Sc3ccc(F)cc3)CC2)n1. The summed E-state index contributed by atoms with van der Waals surface area (Å²) < 4.78 is 34.4. The smallest absolute Gasteiger partial charge is 0.228 e.